The van der Waals surface area contributed by atoms with Gasteiger partial charge in [-0.3, -0.25) is 0 Å². The first kappa shape index (κ1) is 19.0. The van der Waals surface area contributed by atoms with E-state index in [9.17, 15) is 5.11 Å². The lowest BCUT2D eigenvalue weighted by atomic mass is 10.1. The maximum absolute atomic E-state index is 9.32. The molecule has 0 saturated carbocycles. The predicted molar refractivity (Wildman–Crippen MR) is 105 cm³/mol. The van der Waals surface area contributed by atoms with Crippen LogP contribution in [0.4, 0.5) is 5.95 Å². The maximum atomic E-state index is 9.32. The van der Waals surface area contributed by atoms with Gasteiger partial charge in [0.05, 0.1) is 32.4 Å². The Hall–Kier alpha value is -2.80. The van der Waals surface area contributed by atoms with E-state index < -0.39 is 0 Å². The molecule has 0 radical (unpaired) electrons. The van der Waals surface area contributed by atoms with Gasteiger partial charge in [-0.15, -0.1) is 0 Å². The second-order valence-electron chi connectivity index (χ2n) is 6.42. The van der Waals surface area contributed by atoms with E-state index in [1.807, 2.05) is 35.0 Å². The molecule has 0 saturated heterocycles. The number of rotatable bonds is 9. The first-order valence-corrected chi connectivity index (χ1v) is 9.18. The second kappa shape index (κ2) is 8.73. The lowest BCUT2D eigenvalue weighted by molar-refractivity contribution is 0.281. The zero-order valence-electron chi connectivity index (χ0n) is 15.8. The topological polar surface area (TPSA) is 95.4 Å². The number of hydrogen-bond donors (Lipinski definition) is 2. The average Bonchev–Trinajstić information content (AvgIpc) is 3.08. The number of nitrogens with two attached hydrogens (primary N) is 1. The molecule has 0 aliphatic heterocycles. The Morgan fingerprint density at radius 3 is 2.78 bits per heavy atom. The number of aliphatic hydroxyl groups is 1. The number of ether oxygens (including phenoxy) is 2. The van der Waals surface area contributed by atoms with Crippen LogP contribution in [0.15, 0.2) is 30.5 Å². The van der Waals surface area contributed by atoms with Crippen LogP contribution in [0.3, 0.4) is 0 Å². The van der Waals surface area contributed by atoms with Gasteiger partial charge in [0.2, 0.25) is 11.8 Å². The van der Waals surface area contributed by atoms with Gasteiger partial charge in [-0.2, -0.15) is 4.98 Å². The number of benzene rings is 1. The smallest absolute Gasteiger partial charge is 0.243 e. The van der Waals surface area contributed by atoms with Gasteiger partial charge in [-0.1, -0.05) is 31.9 Å². The molecule has 2 aromatic heterocycles. The summed E-state index contributed by atoms with van der Waals surface area (Å²) < 4.78 is 13.4. The molecule has 0 aliphatic rings. The van der Waals surface area contributed by atoms with Gasteiger partial charge in [-0.25, -0.2) is 4.98 Å². The predicted octanol–water partition coefficient (Wildman–Crippen LogP) is 3.13. The summed E-state index contributed by atoms with van der Waals surface area (Å²) in [5.41, 5.74) is 9.20. The van der Waals surface area contributed by atoms with Crippen molar-refractivity contribution in [3.8, 4) is 11.6 Å². The molecule has 2 heterocycles. The fourth-order valence-electron chi connectivity index (χ4n) is 3.04. The van der Waals surface area contributed by atoms with Crippen LogP contribution in [0.2, 0.25) is 0 Å². The summed E-state index contributed by atoms with van der Waals surface area (Å²) in [6.07, 6.45) is 5.15. The molecular weight excluding hydrogens is 344 g/mol. The van der Waals surface area contributed by atoms with Crippen LogP contribution in [-0.2, 0) is 13.2 Å². The Balaban J connectivity index is 1.93. The summed E-state index contributed by atoms with van der Waals surface area (Å²) in [5.74, 6) is 1.44. The first-order valence-electron chi connectivity index (χ1n) is 9.18. The van der Waals surface area contributed by atoms with E-state index in [0.29, 0.717) is 19.0 Å². The molecule has 0 atom stereocenters. The number of anilines is 1. The van der Waals surface area contributed by atoms with Crippen molar-refractivity contribution in [2.24, 2.45) is 0 Å². The largest absolute Gasteiger partial charge is 0.496 e. The van der Waals surface area contributed by atoms with Crippen molar-refractivity contribution in [2.45, 2.75) is 39.3 Å². The molecule has 144 valence electrons. The number of methoxy groups -OCH3 is 1. The zero-order chi connectivity index (χ0) is 19.2. The molecule has 7 nitrogen and oxygen atoms in total. The lowest BCUT2D eigenvalue weighted by Gasteiger charge is -2.13. The number of fused-ring (bicyclic) bond motifs is 1. The molecular formula is C20H26N4O3. The Kier molecular flexibility index (Phi) is 6.13. The molecule has 0 amide bonds. The Morgan fingerprint density at radius 1 is 1.19 bits per heavy atom. The van der Waals surface area contributed by atoms with Crippen LogP contribution >= 0.6 is 0 Å². The molecule has 27 heavy (non-hydrogen) atoms. The number of unbranched alkanes of at least 4 members (excludes halogenated alkanes) is 2. The average molecular weight is 370 g/mol. The maximum Gasteiger partial charge on any atom is 0.243 e. The minimum Gasteiger partial charge on any atom is -0.496 e. The van der Waals surface area contributed by atoms with Crippen LogP contribution in [0.5, 0.6) is 11.6 Å². The van der Waals surface area contributed by atoms with E-state index in [1.54, 1.807) is 7.11 Å². The fourth-order valence-corrected chi connectivity index (χ4v) is 3.04. The molecule has 1 aromatic carbocycles. The third kappa shape index (κ3) is 4.31. The normalized spacial score (nSPS) is 11.1. The minimum absolute atomic E-state index is 0.0219. The summed E-state index contributed by atoms with van der Waals surface area (Å²) in [5, 5.41) is 9.32. The van der Waals surface area contributed by atoms with Crippen molar-refractivity contribution in [3.63, 3.8) is 0 Å². The van der Waals surface area contributed by atoms with Gasteiger partial charge in [0.1, 0.15) is 11.3 Å². The number of aliphatic hydroxyl groups excluding tert-OH is 1. The van der Waals surface area contributed by atoms with Gasteiger partial charge in [0, 0.05) is 11.8 Å². The summed E-state index contributed by atoms with van der Waals surface area (Å²) >= 11 is 0. The Labute approximate surface area is 158 Å². The van der Waals surface area contributed by atoms with Gasteiger partial charge in [0.25, 0.3) is 0 Å². The van der Waals surface area contributed by atoms with Crippen molar-refractivity contribution >= 4 is 17.0 Å². The molecule has 0 bridgehead atoms. The van der Waals surface area contributed by atoms with Gasteiger partial charge in [-0.05, 0) is 24.1 Å². The Bertz CT molecular complexity index is 908. The highest BCUT2D eigenvalue weighted by atomic mass is 16.5. The molecule has 3 rings (SSSR count). The van der Waals surface area contributed by atoms with Crippen LogP contribution in [0.25, 0.3) is 11.0 Å². The van der Waals surface area contributed by atoms with E-state index >= 15 is 0 Å². The van der Waals surface area contributed by atoms with Crippen LogP contribution in [-0.4, -0.2) is 33.4 Å². The molecule has 3 aromatic rings. The van der Waals surface area contributed by atoms with Crippen molar-refractivity contribution in [3.05, 3.63) is 41.6 Å². The highest BCUT2D eigenvalue weighted by Crippen LogP contribution is 2.28. The molecule has 3 N–H and O–H groups in total. The molecule has 0 spiro atoms. The van der Waals surface area contributed by atoms with Crippen molar-refractivity contribution in [1.82, 2.24) is 14.5 Å². The van der Waals surface area contributed by atoms with E-state index in [1.165, 1.54) is 0 Å². The highest BCUT2D eigenvalue weighted by Gasteiger charge is 2.14. The number of aromatic nitrogens is 3. The van der Waals surface area contributed by atoms with Crippen molar-refractivity contribution < 1.29 is 14.6 Å². The summed E-state index contributed by atoms with van der Waals surface area (Å²) in [6, 6.07) is 7.59. The molecule has 0 fully saturated rings. The highest BCUT2D eigenvalue weighted by molar-refractivity contribution is 5.82. The van der Waals surface area contributed by atoms with Gasteiger partial charge < -0.3 is 24.9 Å². The van der Waals surface area contributed by atoms with E-state index in [0.717, 1.165) is 47.2 Å². The lowest BCUT2D eigenvalue weighted by Crippen LogP contribution is -2.07. The Morgan fingerprint density at radius 2 is 2.04 bits per heavy atom. The van der Waals surface area contributed by atoms with E-state index in [2.05, 4.69) is 16.9 Å². The fraction of sp³-hybridized carbons (Fsp3) is 0.400. The molecule has 0 aliphatic carbocycles. The van der Waals surface area contributed by atoms with Crippen LogP contribution in [0, 0.1) is 0 Å². The summed E-state index contributed by atoms with van der Waals surface area (Å²) in [4.78, 5) is 8.62. The third-order valence-corrected chi connectivity index (χ3v) is 4.46. The van der Waals surface area contributed by atoms with Crippen LogP contribution < -0.4 is 15.2 Å². The van der Waals surface area contributed by atoms with Crippen molar-refractivity contribution in [2.75, 3.05) is 19.5 Å². The summed E-state index contributed by atoms with van der Waals surface area (Å²) in [6.45, 7) is 3.30. The van der Waals surface area contributed by atoms with Gasteiger partial charge in [0.15, 0.2) is 0 Å². The third-order valence-electron chi connectivity index (χ3n) is 4.46. The minimum atomic E-state index is -0.0219. The van der Waals surface area contributed by atoms with Crippen molar-refractivity contribution in [1.29, 1.82) is 0 Å². The molecule has 0 unspecified atom stereocenters. The van der Waals surface area contributed by atoms with Gasteiger partial charge >= 0.3 is 0 Å². The monoisotopic (exact) mass is 370 g/mol. The SMILES string of the molecule is CCCCCOc1nc(N)nc2ccn(Cc3ccc(CO)cc3OC)c12. The number of nitrogens with zero attached hydrogens (tertiary/aromatic N) is 3. The zero-order valence-corrected chi connectivity index (χ0v) is 15.8. The quantitative estimate of drug-likeness (QED) is 0.562. The first-order chi connectivity index (χ1) is 13.2. The standard InChI is InChI=1S/C20H26N4O3/c1-3-4-5-10-27-19-18-16(22-20(21)23-19)8-9-24(18)12-15-7-6-14(13-25)11-17(15)26-2/h6-9,11,25H,3-5,10,12-13H2,1-2H3,(H2,21,22,23). The number of nitrogen functional groups attached to an aromatic ring is 1. The second-order valence-corrected chi connectivity index (χ2v) is 6.42. The summed E-state index contributed by atoms with van der Waals surface area (Å²) in [7, 11) is 1.62. The molecule has 7 heteroatoms. The van der Waals surface area contributed by atoms with Crippen LogP contribution in [0.1, 0.15) is 37.3 Å². The van der Waals surface area contributed by atoms with E-state index in [-0.39, 0.29) is 12.6 Å². The van der Waals surface area contributed by atoms with E-state index in [4.69, 9.17) is 15.2 Å². The number of hydrogen-bond acceptors (Lipinski definition) is 6.